The third-order valence-corrected chi connectivity index (χ3v) is 2.11. The first kappa shape index (κ1) is 10.7. The van der Waals surface area contributed by atoms with Crippen molar-refractivity contribution in [3.8, 4) is 0 Å². The second kappa shape index (κ2) is 4.19. The zero-order valence-electron chi connectivity index (χ0n) is 8.32. The van der Waals surface area contributed by atoms with Crippen molar-refractivity contribution in [1.29, 1.82) is 0 Å². The van der Waals surface area contributed by atoms with Crippen LogP contribution in [0.25, 0.3) is 0 Å². The van der Waals surface area contributed by atoms with Crippen LogP contribution in [0, 0.1) is 13.8 Å². The van der Waals surface area contributed by atoms with Gasteiger partial charge in [0.05, 0.1) is 0 Å². The Bertz CT molecular complexity index is 350. The number of nitrogens with zero attached hydrogens (tertiary/aromatic N) is 1. The minimum Gasteiger partial charge on any atom is -0.480 e. The molecule has 14 heavy (non-hydrogen) atoms. The van der Waals surface area contributed by atoms with Crippen LogP contribution in [0.5, 0.6) is 0 Å². The molecule has 1 heterocycles. The molecule has 1 rings (SSSR count). The summed E-state index contributed by atoms with van der Waals surface area (Å²) in [6.07, 6.45) is 2.02. The topological polar surface area (TPSA) is 76.2 Å². The lowest BCUT2D eigenvalue weighted by Crippen LogP contribution is -2.32. The lowest BCUT2D eigenvalue weighted by atomic mass is 10.0. The number of carbonyl (C=O) groups is 1. The molecule has 0 fully saturated rings. The highest BCUT2D eigenvalue weighted by Crippen LogP contribution is 2.09. The molecule has 1 aromatic heterocycles. The molecule has 76 valence electrons. The standard InChI is InChI=1S/C10H14N2O2/c1-6-3-7(2)12-5-8(6)4-9(11)10(13)14/h3,5,9H,4,11H2,1-2H3,(H,13,14). The van der Waals surface area contributed by atoms with Crippen LogP contribution in [0.2, 0.25) is 0 Å². The molecule has 0 aliphatic carbocycles. The summed E-state index contributed by atoms with van der Waals surface area (Å²) in [5.41, 5.74) is 8.28. The molecule has 0 amide bonds. The van der Waals surface area contributed by atoms with E-state index in [1.54, 1.807) is 6.20 Å². The number of aryl methyl sites for hydroxylation is 2. The largest absolute Gasteiger partial charge is 0.480 e. The van der Waals surface area contributed by atoms with Gasteiger partial charge in [0, 0.05) is 11.9 Å². The van der Waals surface area contributed by atoms with Crippen molar-refractivity contribution in [3.05, 3.63) is 29.1 Å². The summed E-state index contributed by atoms with van der Waals surface area (Å²) in [6, 6.07) is 1.07. The summed E-state index contributed by atoms with van der Waals surface area (Å²) in [7, 11) is 0. The highest BCUT2D eigenvalue weighted by atomic mass is 16.4. The maximum Gasteiger partial charge on any atom is 0.320 e. The number of hydrogen-bond acceptors (Lipinski definition) is 3. The summed E-state index contributed by atoms with van der Waals surface area (Å²) >= 11 is 0. The molecule has 0 aliphatic rings. The Morgan fingerprint density at radius 1 is 1.64 bits per heavy atom. The maximum absolute atomic E-state index is 10.5. The number of rotatable bonds is 3. The Morgan fingerprint density at radius 3 is 2.79 bits per heavy atom. The van der Waals surface area contributed by atoms with Crippen LogP contribution in [0.3, 0.4) is 0 Å². The predicted molar refractivity (Wildman–Crippen MR) is 53.0 cm³/mol. The van der Waals surface area contributed by atoms with Gasteiger partial charge in [0.1, 0.15) is 6.04 Å². The number of pyridine rings is 1. The van der Waals surface area contributed by atoms with E-state index in [4.69, 9.17) is 10.8 Å². The molecule has 3 N–H and O–H groups in total. The van der Waals surface area contributed by atoms with Crippen LogP contribution >= 0.6 is 0 Å². The average Bonchev–Trinajstić information content (AvgIpc) is 2.09. The molecule has 0 aromatic carbocycles. The van der Waals surface area contributed by atoms with Gasteiger partial charge in [0.25, 0.3) is 0 Å². The van der Waals surface area contributed by atoms with Gasteiger partial charge in [0.15, 0.2) is 0 Å². The highest BCUT2D eigenvalue weighted by Gasteiger charge is 2.13. The number of carboxylic acids is 1. The minimum absolute atomic E-state index is 0.328. The van der Waals surface area contributed by atoms with Crippen molar-refractivity contribution in [1.82, 2.24) is 4.98 Å². The molecule has 0 bridgehead atoms. The lowest BCUT2D eigenvalue weighted by Gasteiger charge is -2.09. The number of aliphatic carboxylic acids is 1. The zero-order valence-corrected chi connectivity index (χ0v) is 8.32. The van der Waals surface area contributed by atoms with Crippen LogP contribution in [-0.4, -0.2) is 22.1 Å². The van der Waals surface area contributed by atoms with Crippen LogP contribution in [0.4, 0.5) is 0 Å². The first-order valence-electron chi connectivity index (χ1n) is 4.41. The fraction of sp³-hybridized carbons (Fsp3) is 0.400. The van der Waals surface area contributed by atoms with Crippen LogP contribution in [-0.2, 0) is 11.2 Å². The number of hydrogen-bond donors (Lipinski definition) is 2. The molecule has 1 unspecified atom stereocenters. The van der Waals surface area contributed by atoms with E-state index < -0.39 is 12.0 Å². The van der Waals surface area contributed by atoms with Gasteiger partial charge < -0.3 is 10.8 Å². The number of carboxylic acid groups (broad SMARTS) is 1. The molecule has 4 nitrogen and oxygen atoms in total. The number of nitrogens with two attached hydrogens (primary N) is 1. The zero-order chi connectivity index (χ0) is 10.7. The molecule has 0 saturated carbocycles. The van der Waals surface area contributed by atoms with Gasteiger partial charge in [-0.2, -0.15) is 0 Å². The molecule has 0 saturated heterocycles. The summed E-state index contributed by atoms with van der Waals surface area (Å²) in [4.78, 5) is 14.6. The van der Waals surface area contributed by atoms with Crippen molar-refractivity contribution < 1.29 is 9.90 Å². The first-order valence-corrected chi connectivity index (χ1v) is 4.41. The molecule has 0 spiro atoms. The van der Waals surface area contributed by atoms with Crippen molar-refractivity contribution in [3.63, 3.8) is 0 Å². The van der Waals surface area contributed by atoms with Gasteiger partial charge >= 0.3 is 5.97 Å². The third kappa shape index (κ3) is 2.53. The monoisotopic (exact) mass is 194 g/mol. The fourth-order valence-corrected chi connectivity index (χ4v) is 1.26. The van der Waals surface area contributed by atoms with E-state index in [1.807, 2.05) is 19.9 Å². The third-order valence-electron chi connectivity index (χ3n) is 2.11. The van der Waals surface area contributed by atoms with Crippen molar-refractivity contribution in [2.45, 2.75) is 26.3 Å². The fourth-order valence-electron chi connectivity index (χ4n) is 1.26. The van der Waals surface area contributed by atoms with Crippen LogP contribution < -0.4 is 5.73 Å². The molecular formula is C10H14N2O2. The Labute approximate surface area is 82.8 Å². The second-order valence-electron chi connectivity index (χ2n) is 3.40. The van der Waals surface area contributed by atoms with E-state index in [-0.39, 0.29) is 0 Å². The number of aromatic nitrogens is 1. The molecule has 0 aliphatic heterocycles. The van der Waals surface area contributed by atoms with Gasteiger partial charge in [-0.15, -0.1) is 0 Å². The van der Waals surface area contributed by atoms with E-state index in [1.165, 1.54) is 0 Å². The quantitative estimate of drug-likeness (QED) is 0.740. The minimum atomic E-state index is -0.982. The van der Waals surface area contributed by atoms with Gasteiger partial charge in [-0.25, -0.2) is 0 Å². The normalized spacial score (nSPS) is 12.5. The molecule has 4 heteroatoms. The van der Waals surface area contributed by atoms with Crippen LogP contribution in [0.15, 0.2) is 12.3 Å². The highest BCUT2D eigenvalue weighted by molar-refractivity contribution is 5.73. The average molecular weight is 194 g/mol. The van der Waals surface area contributed by atoms with Gasteiger partial charge in [0.2, 0.25) is 0 Å². The van der Waals surface area contributed by atoms with Crippen LogP contribution in [0.1, 0.15) is 16.8 Å². The van der Waals surface area contributed by atoms with E-state index in [9.17, 15) is 4.79 Å². The Balaban J connectivity index is 2.82. The second-order valence-corrected chi connectivity index (χ2v) is 3.40. The van der Waals surface area contributed by atoms with E-state index >= 15 is 0 Å². The maximum atomic E-state index is 10.5. The van der Waals surface area contributed by atoms with Crippen molar-refractivity contribution in [2.75, 3.05) is 0 Å². The summed E-state index contributed by atoms with van der Waals surface area (Å²) < 4.78 is 0. The molecule has 1 atom stereocenters. The Kier molecular flexibility index (Phi) is 3.19. The van der Waals surface area contributed by atoms with E-state index in [2.05, 4.69) is 4.98 Å². The molecular weight excluding hydrogens is 180 g/mol. The molecule has 0 radical (unpaired) electrons. The molecule has 1 aromatic rings. The van der Waals surface area contributed by atoms with Gasteiger partial charge in [-0.3, -0.25) is 9.78 Å². The van der Waals surface area contributed by atoms with Gasteiger partial charge in [-0.1, -0.05) is 0 Å². The summed E-state index contributed by atoms with van der Waals surface area (Å²) in [6.45, 7) is 3.83. The van der Waals surface area contributed by atoms with E-state index in [0.29, 0.717) is 6.42 Å². The SMILES string of the molecule is Cc1cc(C)c(CC(N)C(=O)O)cn1. The van der Waals surface area contributed by atoms with E-state index in [0.717, 1.165) is 16.8 Å². The summed E-state index contributed by atoms with van der Waals surface area (Å²) in [5.74, 6) is -0.982. The summed E-state index contributed by atoms with van der Waals surface area (Å²) in [5, 5.41) is 8.64. The van der Waals surface area contributed by atoms with Crippen molar-refractivity contribution >= 4 is 5.97 Å². The first-order chi connectivity index (χ1) is 6.50. The van der Waals surface area contributed by atoms with Gasteiger partial charge in [-0.05, 0) is 37.5 Å². The lowest BCUT2D eigenvalue weighted by molar-refractivity contribution is -0.138. The predicted octanol–water partition coefficient (Wildman–Crippen LogP) is 0.653. The van der Waals surface area contributed by atoms with Crippen molar-refractivity contribution in [2.24, 2.45) is 5.73 Å². The Hall–Kier alpha value is -1.42. The Morgan fingerprint density at radius 2 is 2.29 bits per heavy atom. The smallest absolute Gasteiger partial charge is 0.320 e.